The topological polar surface area (TPSA) is 554 Å². The van der Waals surface area contributed by atoms with E-state index in [1.807, 2.05) is 0 Å². The van der Waals surface area contributed by atoms with Gasteiger partial charge >= 0.3 is 0 Å². The molecule has 35 atom stereocenters. The quantitative estimate of drug-likeness (QED) is 0.0538. The van der Waals surface area contributed by atoms with Gasteiger partial charge in [-0.15, -0.1) is 0 Å². The summed E-state index contributed by atoms with van der Waals surface area (Å²) in [7, 11) is 1.10. The number of ether oxygens (including phenoxy) is 14. The standard InChI is InChI=1S/C44H76O35/c1-10-18(50)35(22(54)13(5-47)69-10)76-43-32(64)38(25(57)16(74-43)8-67-39-28(60)26(58)19(51)11(3-45)70-39)79-42-31(63)36(23(55)15(7-49)73-42)77-44-33(65)37(78-41-30(62)34(66-2)21(53)14(6-48)72-41)24(56)17(75-44)9-68-40-29(61)27(59)20(52)12(4-46)71-40/h10-65H,3-9H2,1-2H3. The Balaban J connectivity index is 1.15. The third-order valence-corrected chi connectivity index (χ3v) is 15.0. The molecule has 0 amide bonds. The van der Waals surface area contributed by atoms with E-state index in [0.29, 0.717) is 0 Å². The van der Waals surface area contributed by atoms with Crippen LogP contribution in [-0.4, -0.2) is 375 Å². The van der Waals surface area contributed by atoms with Gasteiger partial charge in [-0.3, -0.25) is 0 Å². The number of aliphatic hydroxyl groups is 21. The van der Waals surface area contributed by atoms with E-state index in [4.69, 9.17) is 66.3 Å². The third kappa shape index (κ3) is 13.7. The summed E-state index contributed by atoms with van der Waals surface area (Å²) in [5, 5.41) is 227. The van der Waals surface area contributed by atoms with Gasteiger partial charge in [0.05, 0.1) is 52.4 Å². The second kappa shape index (κ2) is 28.2. The van der Waals surface area contributed by atoms with E-state index in [-0.39, 0.29) is 0 Å². The molecule has 79 heavy (non-hydrogen) atoms. The van der Waals surface area contributed by atoms with Crippen molar-refractivity contribution in [3.05, 3.63) is 0 Å². The maximum Gasteiger partial charge on any atom is 0.187 e. The lowest BCUT2D eigenvalue weighted by Crippen LogP contribution is -2.68. The first-order chi connectivity index (χ1) is 37.5. The van der Waals surface area contributed by atoms with Gasteiger partial charge in [0.25, 0.3) is 0 Å². The highest BCUT2D eigenvalue weighted by molar-refractivity contribution is 5.01. The van der Waals surface area contributed by atoms with Crippen LogP contribution >= 0.6 is 0 Å². The average Bonchev–Trinajstić information content (AvgIpc) is 3.52. The van der Waals surface area contributed by atoms with Gasteiger partial charge in [-0.1, -0.05) is 0 Å². The van der Waals surface area contributed by atoms with Crippen molar-refractivity contribution in [2.24, 2.45) is 0 Å². The number of aliphatic hydroxyl groups excluding tert-OH is 21. The lowest BCUT2D eigenvalue weighted by Gasteiger charge is -2.50. The van der Waals surface area contributed by atoms with E-state index in [9.17, 15) is 107 Å². The van der Waals surface area contributed by atoms with Crippen molar-refractivity contribution in [1.82, 2.24) is 0 Å². The molecule has 0 aliphatic carbocycles. The highest BCUT2D eigenvalue weighted by atomic mass is 16.8. The number of rotatable bonds is 20. The van der Waals surface area contributed by atoms with Gasteiger partial charge in [0.1, 0.15) is 171 Å². The largest absolute Gasteiger partial charge is 0.394 e. The monoisotopic (exact) mass is 1160 g/mol. The molecule has 7 aliphatic heterocycles. The van der Waals surface area contributed by atoms with E-state index in [0.717, 1.165) is 7.11 Å². The van der Waals surface area contributed by atoms with Gasteiger partial charge in [-0.25, -0.2) is 0 Å². The SMILES string of the molecule is COC1C(O)C(CO)OC(OC2C(O)C(COC3OC(CO)C(O)C(O)C3O)OC(OC3C(O)C(CO)OC(OC4C(O)C(COC5OC(CO)C(O)C(O)C5O)OC(OC5C(O)C(C)OC(CO)C5O)C4O)C3O)C2O)C1O. The van der Waals surface area contributed by atoms with Gasteiger partial charge in [-0.05, 0) is 6.92 Å². The van der Waals surface area contributed by atoms with Crippen molar-refractivity contribution in [2.75, 3.05) is 53.4 Å². The maximum absolute atomic E-state index is 11.9. The predicted molar refractivity (Wildman–Crippen MR) is 240 cm³/mol. The van der Waals surface area contributed by atoms with Gasteiger partial charge < -0.3 is 174 Å². The highest BCUT2D eigenvalue weighted by Crippen LogP contribution is 2.37. The Bertz CT molecular complexity index is 1830. The van der Waals surface area contributed by atoms with Crippen molar-refractivity contribution in [3.63, 3.8) is 0 Å². The summed E-state index contributed by atoms with van der Waals surface area (Å²) in [6, 6.07) is 0. The zero-order valence-electron chi connectivity index (χ0n) is 42.3. The molecule has 7 saturated heterocycles. The van der Waals surface area contributed by atoms with Crippen LogP contribution in [0, 0.1) is 0 Å². The van der Waals surface area contributed by atoms with Gasteiger partial charge in [0, 0.05) is 7.11 Å². The fraction of sp³-hybridized carbons (Fsp3) is 1.00. The average molecular weight is 1170 g/mol. The van der Waals surface area contributed by atoms with Crippen LogP contribution in [0.2, 0.25) is 0 Å². The van der Waals surface area contributed by atoms with E-state index in [1.165, 1.54) is 6.92 Å². The molecule has 21 N–H and O–H groups in total. The number of hydrogen-bond donors (Lipinski definition) is 21. The third-order valence-electron chi connectivity index (χ3n) is 15.0. The van der Waals surface area contributed by atoms with Gasteiger partial charge in [0.2, 0.25) is 0 Å². The van der Waals surface area contributed by atoms with E-state index < -0.39 is 261 Å². The fourth-order valence-electron chi connectivity index (χ4n) is 10.2. The molecule has 35 heteroatoms. The Hall–Kier alpha value is -1.40. The summed E-state index contributed by atoms with van der Waals surface area (Å²) in [4.78, 5) is 0. The lowest BCUT2D eigenvalue weighted by atomic mass is 9.94. The fourth-order valence-corrected chi connectivity index (χ4v) is 10.2. The minimum Gasteiger partial charge on any atom is -0.394 e. The van der Waals surface area contributed by atoms with E-state index >= 15 is 0 Å². The molecule has 7 rings (SSSR count). The van der Waals surface area contributed by atoms with Crippen LogP contribution in [0.1, 0.15) is 6.92 Å². The van der Waals surface area contributed by atoms with E-state index in [1.54, 1.807) is 0 Å². The maximum atomic E-state index is 11.9. The second-order valence-electron chi connectivity index (χ2n) is 20.2. The summed E-state index contributed by atoms with van der Waals surface area (Å²) < 4.78 is 79.1. The van der Waals surface area contributed by atoms with Crippen LogP contribution in [0.3, 0.4) is 0 Å². The summed E-state index contributed by atoms with van der Waals surface area (Å²) in [6.07, 6.45) is -65.7. The van der Waals surface area contributed by atoms with Crippen LogP contribution in [0.25, 0.3) is 0 Å². The summed E-state index contributed by atoms with van der Waals surface area (Å²) in [5.41, 5.74) is 0. The molecule has 7 fully saturated rings. The molecule has 0 aromatic carbocycles. The van der Waals surface area contributed by atoms with Crippen LogP contribution < -0.4 is 0 Å². The Morgan fingerprint density at radius 1 is 0.266 bits per heavy atom. The molecule has 462 valence electrons. The van der Waals surface area contributed by atoms with Crippen molar-refractivity contribution in [3.8, 4) is 0 Å². The smallest absolute Gasteiger partial charge is 0.187 e. The predicted octanol–water partition coefficient (Wildman–Crippen LogP) is -14.6. The molecule has 7 heterocycles. The summed E-state index contributed by atoms with van der Waals surface area (Å²) in [6.45, 7) is -4.88. The molecule has 0 saturated carbocycles. The summed E-state index contributed by atoms with van der Waals surface area (Å²) >= 11 is 0. The van der Waals surface area contributed by atoms with Crippen molar-refractivity contribution < 1.29 is 174 Å². The molecule has 0 aromatic rings. The Morgan fingerprint density at radius 2 is 0.519 bits per heavy atom. The highest BCUT2D eigenvalue weighted by Gasteiger charge is 2.58. The molecule has 35 nitrogen and oxygen atoms in total. The minimum absolute atomic E-state index is 0.777. The molecular formula is C44H76O35. The van der Waals surface area contributed by atoms with Crippen LogP contribution in [0.4, 0.5) is 0 Å². The molecular weight excluding hydrogens is 1090 g/mol. The summed E-state index contributed by atoms with van der Waals surface area (Å²) in [5.74, 6) is 0. The Labute approximate surface area is 448 Å². The van der Waals surface area contributed by atoms with Crippen molar-refractivity contribution in [2.45, 2.75) is 222 Å². The molecule has 35 unspecified atom stereocenters. The number of methoxy groups -OCH3 is 1. The minimum atomic E-state index is -2.35. The number of hydrogen-bond acceptors (Lipinski definition) is 35. The zero-order chi connectivity index (χ0) is 58.1. The molecule has 0 radical (unpaired) electrons. The van der Waals surface area contributed by atoms with Crippen molar-refractivity contribution >= 4 is 0 Å². The van der Waals surface area contributed by atoms with Gasteiger partial charge in [0.15, 0.2) is 37.7 Å². The first-order valence-corrected chi connectivity index (χ1v) is 25.4. The second-order valence-corrected chi connectivity index (χ2v) is 20.2. The van der Waals surface area contributed by atoms with Crippen LogP contribution in [0.5, 0.6) is 0 Å². The van der Waals surface area contributed by atoms with E-state index in [2.05, 4.69) is 0 Å². The Morgan fingerprint density at radius 3 is 0.848 bits per heavy atom. The molecule has 7 aliphatic rings. The van der Waals surface area contributed by atoms with Crippen molar-refractivity contribution in [1.29, 1.82) is 0 Å². The normalized spacial score (nSPS) is 53.0. The molecule has 0 bridgehead atoms. The first-order valence-electron chi connectivity index (χ1n) is 25.4. The first kappa shape index (κ1) is 65.1. The Kier molecular flexibility index (Phi) is 23.3. The van der Waals surface area contributed by atoms with Crippen LogP contribution in [0.15, 0.2) is 0 Å². The van der Waals surface area contributed by atoms with Crippen LogP contribution in [-0.2, 0) is 66.3 Å². The molecule has 0 spiro atoms. The van der Waals surface area contributed by atoms with Gasteiger partial charge in [-0.2, -0.15) is 0 Å². The molecule has 0 aromatic heterocycles. The lowest BCUT2D eigenvalue weighted by molar-refractivity contribution is -0.397. The zero-order valence-corrected chi connectivity index (χ0v) is 42.3.